The summed E-state index contributed by atoms with van der Waals surface area (Å²) in [4.78, 5) is 0. The minimum Gasteiger partial charge on any atom is -0.489 e. The number of benzene rings is 2. The van der Waals surface area contributed by atoms with Gasteiger partial charge >= 0.3 is 0 Å². The Kier molecular flexibility index (Phi) is 7.77. The van der Waals surface area contributed by atoms with E-state index in [2.05, 4.69) is 6.92 Å². The standard InChI is InChI=1S/C28H30F4O2/c1-3-17-4-6-18(7-5-17)22-13-14-23(27(31)26(22)30)19-8-11-21(12-9-19)34-16-20-10-15-24(33-2)28(32)25(20)29/h8-14,17-18,24H,3-7,15-16H2,1-2H3. The van der Waals surface area contributed by atoms with Gasteiger partial charge in [0.25, 0.3) is 0 Å². The summed E-state index contributed by atoms with van der Waals surface area (Å²) in [5.41, 5.74) is 1.29. The van der Waals surface area contributed by atoms with Crippen LogP contribution in [0.1, 0.15) is 56.9 Å². The van der Waals surface area contributed by atoms with Gasteiger partial charge in [-0.2, -0.15) is 0 Å². The van der Waals surface area contributed by atoms with Gasteiger partial charge in [0.2, 0.25) is 0 Å². The lowest BCUT2D eigenvalue weighted by Crippen LogP contribution is -2.17. The van der Waals surface area contributed by atoms with Gasteiger partial charge in [0, 0.05) is 18.2 Å². The Labute approximate surface area is 198 Å². The number of methoxy groups -OCH3 is 1. The van der Waals surface area contributed by atoms with Gasteiger partial charge in [0.05, 0.1) is 0 Å². The first-order valence-corrected chi connectivity index (χ1v) is 11.9. The Bertz CT molecular complexity index is 1070. The molecule has 0 aromatic heterocycles. The highest BCUT2D eigenvalue weighted by Gasteiger charge is 2.27. The highest BCUT2D eigenvalue weighted by Crippen LogP contribution is 2.40. The first-order valence-electron chi connectivity index (χ1n) is 11.9. The molecule has 4 rings (SSSR count). The number of hydrogen-bond acceptors (Lipinski definition) is 2. The van der Waals surface area contributed by atoms with Crippen LogP contribution in [-0.2, 0) is 4.74 Å². The third-order valence-electron chi connectivity index (χ3n) is 7.17. The largest absolute Gasteiger partial charge is 0.489 e. The van der Waals surface area contributed by atoms with Crippen molar-refractivity contribution in [3.63, 3.8) is 0 Å². The zero-order chi connectivity index (χ0) is 24.2. The molecule has 1 unspecified atom stereocenters. The molecule has 1 atom stereocenters. The zero-order valence-corrected chi connectivity index (χ0v) is 19.6. The summed E-state index contributed by atoms with van der Waals surface area (Å²) in [7, 11) is 1.33. The molecule has 2 aliphatic rings. The van der Waals surface area contributed by atoms with Crippen LogP contribution in [0.25, 0.3) is 11.1 Å². The van der Waals surface area contributed by atoms with Crippen molar-refractivity contribution in [3.8, 4) is 16.9 Å². The predicted octanol–water partition coefficient (Wildman–Crippen LogP) is 8.19. The van der Waals surface area contributed by atoms with E-state index in [1.54, 1.807) is 42.5 Å². The molecule has 0 radical (unpaired) electrons. The van der Waals surface area contributed by atoms with E-state index in [0.717, 1.165) is 32.1 Å². The first-order chi connectivity index (χ1) is 16.4. The van der Waals surface area contributed by atoms with E-state index in [0.29, 0.717) is 22.8 Å². The third-order valence-corrected chi connectivity index (χ3v) is 7.17. The molecule has 6 heteroatoms. The minimum absolute atomic E-state index is 0.0645. The summed E-state index contributed by atoms with van der Waals surface area (Å²) in [5, 5.41) is 0. The molecule has 2 aliphatic carbocycles. The van der Waals surface area contributed by atoms with Crippen LogP contribution < -0.4 is 4.74 Å². The second kappa shape index (κ2) is 10.8. The monoisotopic (exact) mass is 474 g/mol. The molecule has 0 saturated heterocycles. The molecule has 0 amide bonds. The van der Waals surface area contributed by atoms with Gasteiger partial charge < -0.3 is 9.47 Å². The van der Waals surface area contributed by atoms with Crippen molar-refractivity contribution in [3.05, 3.63) is 76.9 Å². The fourth-order valence-corrected chi connectivity index (χ4v) is 4.94. The highest BCUT2D eigenvalue weighted by atomic mass is 19.2. The van der Waals surface area contributed by atoms with E-state index < -0.39 is 29.4 Å². The molecule has 0 N–H and O–H groups in total. The smallest absolute Gasteiger partial charge is 0.166 e. The van der Waals surface area contributed by atoms with Gasteiger partial charge in [-0.15, -0.1) is 0 Å². The molecule has 0 bridgehead atoms. The van der Waals surface area contributed by atoms with Crippen LogP contribution in [0.5, 0.6) is 5.75 Å². The number of ether oxygens (including phenoxy) is 2. The van der Waals surface area contributed by atoms with Gasteiger partial charge in [-0.25, -0.2) is 17.6 Å². The van der Waals surface area contributed by atoms with Crippen LogP contribution >= 0.6 is 0 Å². The summed E-state index contributed by atoms with van der Waals surface area (Å²) in [6, 6.07) is 9.81. The first kappa shape index (κ1) is 24.5. The maximum absolute atomic E-state index is 15.0. The van der Waals surface area contributed by atoms with E-state index in [1.165, 1.54) is 7.11 Å². The van der Waals surface area contributed by atoms with Gasteiger partial charge in [0.1, 0.15) is 18.5 Å². The molecule has 0 aliphatic heterocycles. The van der Waals surface area contributed by atoms with Gasteiger partial charge in [-0.3, -0.25) is 0 Å². The van der Waals surface area contributed by atoms with E-state index in [-0.39, 0.29) is 30.1 Å². The van der Waals surface area contributed by atoms with Crippen molar-refractivity contribution < 1.29 is 27.0 Å². The molecule has 1 saturated carbocycles. The average Bonchev–Trinajstić information content (AvgIpc) is 2.87. The summed E-state index contributed by atoms with van der Waals surface area (Å²) in [6.07, 6.45) is 5.91. The third kappa shape index (κ3) is 5.07. The van der Waals surface area contributed by atoms with Crippen molar-refractivity contribution in [1.29, 1.82) is 0 Å². The Hall–Kier alpha value is -2.60. The van der Waals surface area contributed by atoms with E-state index >= 15 is 0 Å². The van der Waals surface area contributed by atoms with Crippen LogP contribution in [-0.4, -0.2) is 19.8 Å². The van der Waals surface area contributed by atoms with Crippen molar-refractivity contribution in [1.82, 2.24) is 0 Å². The van der Waals surface area contributed by atoms with Crippen molar-refractivity contribution >= 4 is 0 Å². The summed E-state index contributed by atoms with van der Waals surface area (Å²) < 4.78 is 68.5. The number of rotatable bonds is 7. The van der Waals surface area contributed by atoms with Crippen LogP contribution in [0, 0.1) is 17.6 Å². The lowest BCUT2D eigenvalue weighted by atomic mass is 9.77. The summed E-state index contributed by atoms with van der Waals surface area (Å²) in [6.45, 7) is 2.03. The molecule has 0 heterocycles. The number of halogens is 4. The maximum Gasteiger partial charge on any atom is 0.166 e. The van der Waals surface area contributed by atoms with E-state index in [9.17, 15) is 17.6 Å². The fourth-order valence-electron chi connectivity index (χ4n) is 4.94. The summed E-state index contributed by atoms with van der Waals surface area (Å²) in [5.74, 6) is -2.33. The lowest BCUT2D eigenvalue weighted by Gasteiger charge is -2.28. The quantitative estimate of drug-likeness (QED) is 0.377. The lowest BCUT2D eigenvalue weighted by molar-refractivity contribution is 0.108. The fraction of sp³-hybridized carbons (Fsp3) is 0.429. The normalized spacial score (nSPS) is 23.1. The molecule has 2 aromatic rings. The molecular formula is C28H30F4O2. The molecule has 34 heavy (non-hydrogen) atoms. The second-order valence-corrected chi connectivity index (χ2v) is 9.12. The second-order valence-electron chi connectivity index (χ2n) is 9.12. The van der Waals surface area contributed by atoms with Crippen molar-refractivity contribution in [2.24, 2.45) is 5.92 Å². The summed E-state index contributed by atoms with van der Waals surface area (Å²) >= 11 is 0. The Morgan fingerprint density at radius 3 is 2.24 bits per heavy atom. The Morgan fingerprint density at radius 2 is 1.59 bits per heavy atom. The van der Waals surface area contributed by atoms with E-state index in [1.807, 2.05) is 0 Å². The SMILES string of the molecule is CCC1CCC(c2ccc(-c3ccc(OCC4=CCC(OC)C(F)=C4F)cc3)c(F)c2F)CC1. The van der Waals surface area contributed by atoms with Crippen molar-refractivity contribution in [2.75, 3.05) is 13.7 Å². The maximum atomic E-state index is 15.0. The molecular weight excluding hydrogens is 444 g/mol. The molecule has 0 spiro atoms. The van der Waals surface area contributed by atoms with E-state index in [4.69, 9.17) is 9.47 Å². The topological polar surface area (TPSA) is 18.5 Å². The molecule has 182 valence electrons. The highest BCUT2D eigenvalue weighted by molar-refractivity contribution is 5.65. The van der Waals surface area contributed by atoms with Crippen molar-refractivity contribution in [2.45, 2.75) is 57.5 Å². The zero-order valence-electron chi connectivity index (χ0n) is 19.6. The number of hydrogen-bond donors (Lipinski definition) is 0. The van der Waals surface area contributed by atoms with Gasteiger partial charge in [-0.1, -0.05) is 43.7 Å². The van der Waals surface area contributed by atoms with Crippen LogP contribution in [0.4, 0.5) is 17.6 Å². The predicted molar refractivity (Wildman–Crippen MR) is 125 cm³/mol. The average molecular weight is 475 g/mol. The van der Waals surface area contributed by atoms with Gasteiger partial charge in [-0.05, 0) is 67.2 Å². The Morgan fingerprint density at radius 1 is 0.882 bits per heavy atom. The van der Waals surface area contributed by atoms with Crippen LogP contribution in [0.2, 0.25) is 0 Å². The van der Waals surface area contributed by atoms with Gasteiger partial charge in [0.15, 0.2) is 23.3 Å². The molecule has 1 fully saturated rings. The minimum atomic E-state index is -0.962. The Balaban J connectivity index is 1.43. The van der Waals surface area contributed by atoms with Crippen LogP contribution in [0.3, 0.4) is 0 Å². The van der Waals surface area contributed by atoms with Crippen LogP contribution in [0.15, 0.2) is 59.7 Å². The molecule has 2 aromatic carbocycles. The molecule has 2 nitrogen and oxygen atoms in total.